The van der Waals surface area contributed by atoms with Crippen molar-refractivity contribution in [3.05, 3.63) is 106 Å². The average Bonchev–Trinajstić information content (AvgIpc) is 2.81. The average molecular weight is 462 g/mol. The number of ether oxygens (including phenoxy) is 2. The molecule has 0 amide bonds. The van der Waals surface area contributed by atoms with E-state index in [0.717, 1.165) is 17.2 Å². The van der Waals surface area contributed by atoms with Crippen LogP contribution in [0.2, 0.25) is 5.02 Å². The second-order valence-electron chi connectivity index (χ2n) is 7.78. The number of piperidine rings is 1. The summed E-state index contributed by atoms with van der Waals surface area (Å²) in [4.78, 5) is 0. The zero-order chi connectivity index (χ0) is 22.6. The fourth-order valence-electron chi connectivity index (χ4n) is 3.99. The van der Waals surface area contributed by atoms with E-state index in [1.54, 1.807) is 12.1 Å². The van der Waals surface area contributed by atoms with Crippen molar-refractivity contribution in [3.8, 4) is 0 Å². The Labute approximate surface area is 190 Å². The standard InChI is InChI=1S/C25H23ClF3NO2/c26-20-8-6-19(7-9-20)25(32-15-17-4-2-1-3-5-17)10-11-30-14-24(25)31-16-18-12-22(28)23(29)13-21(18)27/h1-9,12-13,24,30H,10-11,14-16H2/t24-,25-/m0/s1. The number of nitrogens with one attached hydrogen (secondary N) is 1. The lowest BCUT2D eigenvalue weighted by Crippen LogP contribution is -2.54. The van der Waals surface area contributed by atoms with Crippen LogP contribution in [0.15, 0.2) is 66.7 Å². The first kappa shape index (κ1) is 22.8. The van der Waals surface area contributed by atoms with E-state index in [2.05, 4.69) is 5.32 Å². The van der Waals surface area contributed by atoms with Crippen molar-refractivity contribution in [2.24, 2.45) is 0 Å². The molecule has 7 heteroatoms. The Kier molecular flexibility index (Phi) is 7.16. The lowest BCUT2D eigenvalue weighted by atomic mass is 9.82. The van der Waals surface area contributed by atoms with Crippen LogP contribution in [0.25, 0.3) is 0 Å². The normalized spacial score (nSPS) is 20.9. The Morgan fingerprint density at radius 1 is 0.906 bits per heavy atom. The van der Waals surface area contributed by atoms with Gasteiger partial charge < -0.3 is 14.8 Å². The van der Waals surface area contributed by atoms with Gasteiger partial charge in [0.1, 0.15) is 17.5 Å². The Bertz CT molecular complexity index is 1050. The minimum atomic E-state index is -1.23. The van der Waals surface area contributed by atoms with Gasteiger partial charge in [-0.2, -0.15) is 0 Å². The van der Waals surface area contributed by atoms with Gasteiger partial charge in [0.15, 0.2) is 11.6 Å². The van der Waals surface area contributed by atoms with Gasteiger partial charge >= 0.3 is 0 Å². The van der Waals surface area contributed by atoms with Crippen LogP contribution in [0, 0.1) is 17.5 Å². The van der Waals surface area contributed by atoms with Crippen molar-refractivity contribution in [1.82, 2.24) is 5.32 Å². The van der Waals surface area contributed by atoms with Gasteiger partial charge in [-0.1, -0.05) is 54.1 Å². The first-order chi connectivity index (χ1) is 15.5. The van der Waals surface area contributed by atoms with Gasteiger partial charge in [-0.25, -0.2) is 13.2 Å². The smallest absolute Gasteiger partial charge is 0.161 e. The quantitative estimate of drug-likeness (QED) is 0.454. The van der Waals surface area contributed by atoms with E-state index in [0.29, 0.717) is 37.2 Å². The molecule has 2 atom stereocenters. The van der Waals surface area contributed by atoms with E-state index in [9.17, 15) is 13.2 Å². The molecule has 0 saturated carbocycles. The molecular weight excluding hydrogens is 439 g/mol. The van der Waals surface area contributed by atoms with Crippen molar-refractivity contribution in [2.75, 3.05) is 13.1 Å². The highest BCUT2D eigenvalue weighted by molar-refractivity contribution is 6.30. The van der Waals surface area contributed by atoms with Crippen LogP contribution in [0.5, 0.6) is 0 Å². The summed E-state index contributed by atoms with van der Waals surface area (Å²) < 4.78 is 53.7. The highest BCUT2D eigenvalue weighted by Gasteiger charge is 2.44. The van der Waals surface area contributed by atoms with Crippen LogP contribution < -0.4 is 5.32 Å². The summed E-state index contributed by atoms with van der Waals surface area (Å²) in [6.07, 6.45) is 0.0977. The van der Waals surface area contributed by atoms with Crippen molar-refractivity contribution in [1.29, 1.82) is 0 Å². The Hall–Kier alpha value is -2.38. The molecule has 168 valence electrons. The number of hydrogen-bond donors (Lipinski definition) is 1. The molecule has 1 saturated heterocycles. The van der Waals surface area contributed by atoms with E-state index in [-0.39, 0.29) is 12.2 Å². The van der Waals surface area contributed by atoms with Crippen LogP contribution in [0.4, 0.5) is 13.2 Å². The van der Waals surface area contributed by atoms with Gasteiger partial charge in [0.25, 0.3) is 0 Å². The van der Waals surface area contributed by atoms with Crippen molar-refractivity contribution >= 4 is 11.6 Å². The van der Waals surface area contributed by atoms with Gasteiger partial charge in [-0.3, -0.25) is 0 Å². The highest BCUT2D eigenvalue weighted by atomic mass is 35.5. The molecule has 0 unspecified atom stereocenters. The summed E-state index contributed by atoms with van der Waals surface area (Å²) in [6, 6.07) is 18.5. The molecule has 3 aromatic carbocycles. The van der Waals surface area contributed by atoms with Crippen LogP contribution >= 0.6 is 11.6 Å². The fraction of sp³-hybridized carbons (Fsp3) is 0.280. The number of hydrogen-bond acceptors (Lipinski definition) is 3. The largest absolute Gasteiger partial charge is 0.369 e. The van der Waals surface area contributed by atoms with E-state index in [4.69, 9.17) is 21.1 Å². The third kappa shape index (κ3) is 4.99. The zero-order valence-corrected chi connectivity index (χ0v) is 18.0. The second kappa shape index (κ2) is 10.0. The molecule has 0 aliphatic carbocycles. The minimum Gasteiger partial charge on any atom is -0.369 e. The van der Waals surface area contributed by atoms with Gasteiger partial charge in [-0.05, 0) is 42.3 Å². The molecule has 32 heavy (non-hydrogen) atoms. The van der Waals surface area contributed by atoms with E-state index >= 15 is 0 Å². The fourth-order valence-corrected chi connectivity index (χ4v) is 4.11. The van der Waals surface area contributed by atoms with Crippen LogP contribution in [-0.4, -0.2) is 19.2 Å². The van der Waals surface area contributed by atoms with E-state index in [1.807, 2.05) is 42.5 Å². The maximum absolute atomic E-state index is 14.2. The molecule has 1 fully saturated rings. The summed E-state index contributed by atoms with van der Waals surface area (Å²) in [6.45, 7) is 1.27. The topological polar surface area (TPSA) is 30.5 Å². The lowest BCUT2D eigenvalue weighted by Gasteiger charge is -2.44. The van der Waals surface area contributed by atoms with Crippen LogP contribution in [0.1, 0.15) is 23.1 Å². The Balaban J connectivity index is 1.62. The maximum Gasteiger partial charge on any atom is 0.161 e. The lowest BCUT2D eigenvalue weighted by molar-refractivity contribution is -0.176. The predicted molar refractivity (Wildman–Crippen MR) is 117 cm³/mol. The molecule has 1 heterocycles. The zero-order valence-electron chi connectivity index (χ0n) is 17.3. The molecule has 4 rings (SSSR count). The first-order valence-electron chi connectivity index (χ1n) is 10.4. The summed E-state index contributed by atoms with van der Waals surface area (Å²) in [5.74, 6) is -3.20. The molecule has 0 radical (unpaired) electrons. The minimum absolute atomic E-state index is 0.0532. The monoisotopic (exact) mass is 461 g/mol. The summed E-state index contributed by atoms with van der Waals surface area (Å²) in [5, 5.41) is 3.88. The van der Waals surface area contributed by atoms with Gasteiger partial charge in [-0.15, -0.1) is 0 Å². The number of halogens is 4. The first-order valence-corrected chi connectivity index (χ1v) is 10.8. The van der Waals surface area contributed by atoms with Gasteiger partial charge in [0.2, 0.25) is 0 Å². The Morgan fingerprint density at radius 3 is 2.38 bits per heavy atom. The van der Waals surface area contributed by atoms with Gasteiger partial charge in [0.05, 0.1) is 13.2 Å². The summed E-state index contributed by atoms with van der Waals surface area (Å²) in [7, 11) is 0. The van der Waals surface area contributed by atoms with Gasteiger partial charge in [0, 0.05) is 23.2 Å². The van der Waals surface area contributed by atoms with Crippen molar-refractivity contribution in [3.63, 3.8) is 0 Å². The van der Waals surface area contributed by atoms with E-state index in [1.165, 1.54) is 0 Å². The molecule has 0 spiro atoms. The molecule has 1 aliphatic rings. The summed E-state index contributed by atoms with van der Waals surface area (Å²) in [5.41, 5.74) is 1.00. The molecule has 0 bridgehead atoms. The number of benzene rings is 3. The molecule has 3 aromatic rings. The SMILES string of the molecule is Fc1cc(F)c(CO[C@H]2CNCC[C@]2(OCc2ccccc2)c2ccc(Cl)cc2)cc1F. The summed E-state index contributed by atoms with van der Waals surface area (Å²) >= 11 is 6.10. The number of rotatable bonds is 7. The highest BCUT2D eigenvalue weighted by Crippen LogP contribution is 2.38. The van der Waals surface area contributed by atoms with E-state index < -0.39 is 29.2 Å². The van der Waals surface area contributed by atoms with Crippen LogP contribution in [0.3, 0.4) is 0 Å². The third-order valence-corrected chi connectivity index (χ3v) is 5.98. The Morgan fingerprint density at radius 2 is 1.62 bits per heavy atom. The van der Waals surface area contributed by atoms with Crippen molar-refractivity contribution in [2.45, 2.75) is 31.3 Å². The van der Waals surface area contributed by atoms with Crippen LogP contribution in [-0.2, 0) is 28.3 Å². The molecule has 0 aromatic heterocycles. The predicted octanol–water partition coefficient (Wildman–Crippen LogP) is 5.75. The molecule has 1 aliphatic heterocycles. The molecular formula is C25H23ClF3NO2. The maximum atomic E-state index is 14.2. The second-order valence-corrected chi connectivity index (χ2v) is 8.22. The molecule has 3 nitrogen and oxygen atoms in total. The third-order valence-electron chi connectivity index (χ3n) is 5.72. The molecule has 1 N–H and O–H groups in total. The van der Waals surface area contributed by atoms with Crippen molar-refractivity contribution < 1.29 is 22.6 Å².